The molecule has 1 unspecified atom stereocenters. The van der Waals surface area contributed by atoms with Crippen LogP contribution in [-0.2, 0) is 20.6 Å². The van der Waals surface area contributed by atoms with Gasteiger partial charge in [0, 0.05) is 6.16 Å². The topological polar surface area (TPSA) is 104 Å². The second-order valence-corrected chi connectivity index (χ2v) is 9.21. The van der Waals surface area contributed by atoms with Gasteiger partial charge in [0.05, 0.1) is 0 Å². The maximum absolute atomic E-state index is 12.2. The number of hydrogen-bond acceptors (Lipinski definition) is 3. The van der Waals surface area contributed by atoms with Gasteiger partial charge in [-0.1, -0.05) is 44.2 Å². The summed E-state index contributed by atoms with van der Waals surface area (Å²) in [5.74, 6) is -1.71. The van der Waals surface area contributed by atoms with Gasteiger partial charge in [0.25, 0.3) is 0 Å². The first kappa shape index (κ1) is 21.4. The first-order valence-electron chi connectivity index (χ1n) is 8.56. The maximum Gasteiger partial charge on any atom is 0.326 e. The molecule has 1 aromatic rings. The molecule has 0 bridgehead atoms. The molecule has 0 aliphatic heterocycles. The van der Waals surface area contributed by atoms with E-state index in [0.717, 1.165) is 12.8 Å². The molecule has 2 atom stereocenters. The van der Waals surface area contributed by atoms with Gasteiger partial charge in [0.15, 0.2) is 0 Å². The number of carboxylic acids is 1. The SMILES string of the molecule is CC(C)C[C@H](NC(=O)CP(=O)(O)CCCCc1ccccc1)C(=O)O. The van der Waals surface area contributed by atoms with Crippen molar-refractivity contribution in [1.29, 1.82) is 0 Å². The lowest BCUT2D eigenvalue weighted by atomic mass is 10.0. The largest absolute Gasteiger partial charge is 0.480 e. The highest BCUT2D eigenvalue weighted by molar-refractivity contribution is 7.58. The standard InChI is InChI=1S/C18H28NO5P/c1-14(2)12-16(18(21)22)19-17(20)13-25(23,24)11-7-6-10-15-8-4-3-5-9-15/h3-5,8-9,14,16H,6-7,10-13H2,1-2H3,(H,19,20)(H,21,22)(H,23,24)/t16-/m0/s1. The number of aryl methyl sites for hydroxylation is 1. The molecule has 0 aromatic heterocycles. The molecular formula is C18H28NO5P. The summed E-state index contributed by atoms with van der Waals surface area (Å²) in [6.07, 6.45) is 1.96. The Morgan fingerprint density at radius 3 is 2.36 bits per heavy atom. The highest BCUT2D eigenvalue weighted by Crippen LogP contribution is 2.41. The van der Waals surface area contributed by atoms with E-state index in [2.05, 4.69) is 5.32 Å². The minimum Gasteiger partial charge on any atom is -0.480 e. The Hall–Kier alpha value is -1.65. The molecule has 7 heteroatoms. The lowest BCUT2D eigenvalue weighted by Gasteiger charge is -2.18. The number of carbonyl (C=O) groups is 2. The number of rotatable bonds is 11. The Balaban J connectivity index is 2.38. The Morgan fingerprint density at radius 1 is 1.16 bits per heavy atom. The van der Waals surface area contributed by atoms with Gasteiger partial charge in [0.2, 0.25) is 13.3 Å². The van der Waals surface area contributed by atoms with Crippen molar-refractivity contribution < 1.29 is 24.2 Å². The molecule has 0 spiro atoms. The molecule has 0 saturated carbocycles. The smallest absolute Gasteiger partial charge is 0.326 e. The molecule has 0 aliphatic rings. The van der Waals surface area contributed by atoms with Crippen LogP contribution in [0.1, 0.15) is 38.7 Å². The number of unbranched alkanes of at least 4 members (excludes halogenated alkanes) is 1. The summed E-state index contributed by atoms with van der Waals surface area (Å²) in [6.45, 7) is 3.71. The van der Waals surface area contributed by atoms with Gasteiger partial charge in [-0.05, 0) is 37.2 Å². The van der Waals surface area contributed by atoms with E-state index in [1.165, 1.54) is 5.56 Å². The molecule has 25 heavy (non-hydrogen) atoms. The average Bonchev–Trinajstić information content (AvgIpc) is 2.51. The van der Waals surface area contributed by atoms with E-state index in [1.807, 2.05) is 44.2 Å². The van der Waals surface area contributed by atoms with Crippen LogP contribution in [-0.4, -0.2) is 40.2 Å². The van der Waals surface area contributed by atoms with Crippen molar-refractivity contribution in [2.75, 3.05) is 12.3 Å². The van der Waals surface area contributed by atoms with Crippen LogP contribution < -0.4 is 5.32 Å². The number of benzene rings is 1. The Kier molecular flexibility index (Phi) is 8.87. The minimum atomic E-state index is -3.60. The van der Waals surface area contributed by atoms with Crippen molar-refractivity contribution in [2.24, 2.45) is 5.92 Å². The number of amides is 1. The first-order chi connectivity index (χ1) is 11.7. The van der Waals surface area contributed by atoms with Gasteiger partial charge in [-0.25, -0.2) is 4.79 Å². The second kappa shape index (κ2) is 10.4. The van der Waals surface area contributed by atoms with Crippen molar-refractivity contribution in [1.82, 2.24) is 5.32 Å². The van der Waals surface area contributed by atoms with E-state index in [-0.39, 0.29) is 18.5 Å². The highest BCUT2D eigenvalue weighted by atomic mass is 31.2. The Morgan fingerprint density at radius 2 is 1.80 bits per heavy atom. The molecular weight excluding hydrogens is 341 g/mol. The summed E-state index contributed by atoms with van der Waals surface area (Å²) in [7, 11) is -3.60. The van der Waals surface area contributed by atoms with Crippen LogP contribution in [0.5, 0.6) is 0 Å². The highest BCUT2D eigenvalue weighted by Gasteiger charge is 2.26. The number of aliphatic carboxylic acids is 1. The van der Waals surface area contributed by atoms with Gasteiger partial charge in [-0.3, -0.25) is 9.36 Å². The summed E-state index contributed by atoms with van der Waals surface area (Å²) in [4.78, 5) is 33.0. The predicted molar refractivity (Wildman–Crippen MR) is 98.0 cm³/mol. The Labute approximate surface area is 149 Å². The number of nitrogens with one attached hydrogen (secondary N) is 1. The third-order valence-electron chi connectivity index (χ3n) is 3.80. The zero-order chi connectivity index (χ0) is 18.9. The van der Waals surface area contributed by atoms with Gasteiger partial charge < -0.3 is 15.3 Å². The van der Waals surface area contributed by atoms with Crippen LogP contribution in [0, 0.1) is 5.92 Å². The summed E-state index contributed by atoms with van der Waals surface area (Å²) in [5.41, 5.74) is 1.17. The zero-order valence-corrected chi connectivity index (χ0v) is 15.7. The molecule has 6 nitrogen and oxygen atoms in total. The van der Waals surface area contributed by atoms with Crippen LogP contribution in [0.4, 0.5) is 0 Å². The molecule has 0 aliphatic carbocycles. The molecule has 140 valence electrons. The molecule has 1 rings (SSSR count). The average molecular weight is 369 g/mol. The van der Waals surface area contributed by atoms with Crippen LogP contribution in [0.2, 0.25) is 0 Å². The van der Waals surface area contributed by atoms with Crippen LogP contribution in [0.25, 0.3) is 0 Å². The van der Waals surface area contributed by atoms with Crippen molar-refractivity contribution in [3.05, 3.63) is 35.9 Å². The van der Waals surface area contributed by atoms with E-state index in [1.54, 1.807) is 0 Å². The van der Waals surface area contributed by atoms with E-state index in [4.69, 9.17) is 5.11 Å². The summed E-state index contributed by atoms with van der Waals surface area (Å²) < 4.78 is 12.2. The maximum atomic E-state index is 12.2. The second-order valence-electron chi connectivity index (χ2n) is 6.76. The van der Waals surface area contributed by atoms with Crippen molar-refractivity contribution in [2.45, 2.75) is 45.6 Å². The monoisotopic (exact) mass is 369 g/mol. The van der Waals surface area contributed by atoms with Crippen molar-refractivity contribution in [3.8, 4) is 0 Å². The third kappa shape index (κ3) is 9.42. The molecule has 0 heterocycles. The number of carbonyl (C=O) groups excluding carboxylic acids is 1. The summed E-state index contributed by atoms with van der Waals surface area (Å²) in [6, 6.07) is 8.83. The number of hydrogen-bond donors (Lipinski definition) is 3. The first-order valence-corrected chi connectivity index (χ1v) is 10.6. The fraction of sp³-hybridized carbons (Fsp3) is 0.556. The molecule has 3 N–H and O–H groups in total. The molecule has 1 aromatic carbocycles. The molecule has 0 fully saturated rings. The summed E-state index contributed by atoms with van der Waals surface area (Å²) in [5, 5.41) is 11.5. The summed E-state index contributed by atoms with van der Waals surface area (Å²) >= 11 is 0. The fourth-order valence-corrected chi connectivity index (χ4v) is 3.98. The van der Waals surface area contributed by atoms with Crippen molar-refractivity contribution in [3.63, 3.8) is 0 Å². The minimum absolute atomic E-state index is 0.0647. The zero-order valence-electron chi connectivity index (χ0n) is 14.9. The van der Waals surface area contributed by atoms with E-state index < -0.39 is 31.4 Å². The Bertz CT molecular complexity index is 603. The quantitative estimate of drug-likeness (QED) is 0.411. The normalized spacial score (nSPS) is 14.7. The van der Waals surface area contributed by atoms with Gasteiger partial charge in [-0.2, -0.15) is 0 Å². The van der Waals surface area contributed by atoms with Crippen molar-refractivity contribution >= 4 is 19.2 Å². The molecule has 0 radical (unpaired) electrons. The predicted octanol–water partition coefficient (Wildman–Crippen LogP) is 2.90. The molecule has 1 amide bonds. The van der Waals surface area contributed by atoms with Gasteiger partial charge in [-0.15, -0.1) is 0 Å². The fourth-order valence-electron chi connectivity index (χ4n) is 2.57. The van der Waals surface area contributed by atoms with Crippen LogP contribution >= 0.6 is 7.37 Å². The van der Waals surface area contributed by atoms with Gasteiger partial charge in [0.1, 0.15) is 12.2 Å². The van der Waals surface area contributed by atoms with Crippen LogP contribution in [0.3, 0.4) is 0 Å². The number of carboxylic acid groups (broad SMARTS) is 1. The van der Waals surface area contributed by atoms with E-state index in [9.17, 15) is 19.0 Å². The lowest BCUT2D eigenvalue weighted by molar-refractivity contribution is -0.142. The lowest BCUT2D eigenvalue weighted by Crippen LogP contribution is -2.42. The third-order valence-corrected chi connectivity index (χ3v) is 5.59. The van der Waals surface area contributed by atoms with Gasteiger partial charge >= 0.3 is 5.97 Å². The van der Waals surface area contributed by atoms with E-state index in [0.29, 0.717) is 6.42 Å². The molecule has 0 saturated heterocycles. The van der Waals surface area contributed by atoms with E-state index >= 15 is 0 Å². The van der Waals surface area contributed by atoms with Crippen LogP contribution in [0.15, 0.2) is 30.3 Å².